The lowest BCUT2D eigenvalue weighted by Crippen LogP contribution is -2.45. The van der Waals surface area contributed by atoms with Crippen LogP contribution in [0.25, 0.3) is 0 Å². The van der Waals surface area contributed by atoms with Gasteiger partial charge in [-0.1, -0.05) is 39.7 Å². The summed E-state index contributed by atoms with van der Waals surface area (Å²) in [7, 11) is 0. The van der Waals surface area contributed by atoms with Crippen LogP contribution >= 0.6 is 0 Å². The summed E-state index contributed by atoms with van der Waals surface area (Å²) in [6, 6.07) is 0.777. The van der Waals surface area contributed by atoms with Gasteiger partial charge in [0.25, 0.3) is 0 Å². The fourth-order valence-electron chi connectivity index (χ4n) is 4.16. The van der Waals surface area contributed by atoms with Crippen molar-refractivity contribution >= 4 is 0 Å². The van der Waals surface area contributed by atoms with E-state index >= 15 is 0 Å². The number of hydrogen-bond donors (Lipinski definition) is 0. The van der Waals surface area contributed by atoms with Crippen molar-refractivity contribution in [1.82, 2.24) is 4.90 Å². The van der Waals surface area contributed by atoms with Gasteiger partial charge in [-0.3, -0.25) is 0 Å². The van der Waals surface area contributed by atoms with Crippen molar-refractivity contribution in [2.45, 2.75) is 84.2 Å². The smallest absolute Gasteiger partial charge is 0.0377 e. The van der Waals surface area contributed by atoms with E-state index in [0.717, 1.165) is 6.04 Å². The van der Waals surface area contributed by atoms with Gasteiger partial charge in [0, 0.05) is 11.6 Å². The zero-order chi connectivity index (χ0) is 12.5. The molecule has 0 saturated carbocycles. The van der Waals surface area contributed by atoms with Gasteiger partial charge >= 0.3 is 0 Å². The summed E-state index contributed by atoms with van der Waals surface area (Å²) in [5, 5.41) is 0. The summed E-state index contributed by atoms with van der Waals surface area (Å²) in [5.41, 5.74) is 0.940. The van der Waals surface area contributed by atoms with Crippen LogP contribution in [0.15, 0.2) is 12.3 Å². The maximum absolute atomic E-state index is 2.70. The molecule has 0 aromatic carbocycles. The van der Waals surface area contributed by atoms with Crippen LogP contribution in [0, 0.1) is 5.41 Å². The zero-order valence-corrected chi connectivity index (χ0v) is 12.1. The first kappa shape index (κ1) is 13.0. The summed E-state index contributed by atoms with van der Waals surface area (Å²) in [6.45, 7) is 9.66. The van der Waals surface area contributed by atoms with Crippen molar-refractivity contribution in [1.29, 1.82) is 0 Å². The summed E-state index contributed by atoms with van der Waals surface area (Å²) < 4.78 is 0. The van der Waals surface area contributed by atoms with Crippen LogP contribution in [0.1, 0.15) is 72.6 Å². The SMILES string of the molecule is CCCC/C=C/N1C2CCCC1(C)CC2(C)C. The molecule has 98 valence electrons. The van der Waals surface area contributed by atoms with Crippen molar-refractivity contribution in [3.05, 3.63) is 12.3 Å². The molecule has 2 saturated heterocycles. The van der Waals surface area contributed by atoms with E-state index in [-0.39, 0.29) is 0 Å². The number of nitrogens with zero attached hydrogens (tertiary/aromatic N) is 1. The third-order valence-electron chi connectivity index (χ3n) is 4.88. The molecule has 0 aromatic rings. The molecule has 2 atom stereocenters. The van der Waals surface area contributed by atoms with Crippen LogP contribution in [0.4, 0.5) is 0 Å². The minimum atomic E-state index is 0.440. The number of fused-ring (bicyclic) bond motifs is 2. The van der Waals surface area contributed by atoms with Crippen molar-refractivity contribution in [2.75, 3.05) is 0 Å². The van der Waals surface area contributed by atoms with E-state index in [0.29, 0.717) is 11.0 Å². The van der Waals surface area contributed by atoms with Crippen molar-refractivity contribution in [3.8, 4) is 0 Å². The molecule has 0 spiro atoms. The van der Waals surface area contributed by atoms with Gasteiger partial charge in [-0.2, -0.15) is 0 Å². The van der Waals surface area contributed by atoms with Crippen LogP contribution in [-0.2, 0) is 0 Å². The van der Waals surface area contributed by atoms with E-state index < -0.39 is 0 Å². The van der Waals surface area contributed by atoms with Gasteiger partial charge < -0.3 is 4.90 Å². The van der Waals surface area contributed by atoms with Crippen LogP contribution in [-0.4, -0.2) is 16.5 Å². The van der Waals surface area contributed by atoms with Gasteiger partial charge in [-0.25, -0.2) is 0 Å². The molecule has 2 bridgehead atoms. The largest absolute Gasteiger partial charge is 0.369 e. The molecular formula is C16H29N. The van der Waals surface area contributed by atoms with Gasteiger partial charge in [0.05, 0.1) is 0 Å². The van der Waals surface area contributed by atoms with Crippen LogP contribution in [0.5, 0.6) is 0 Å². The molecule has 0 N–H and O–H groups in total. The molecule has 2 aliphatic rings. The second kappa shape index (κ2) is 4.66. The maximum atomic E-state index is 2.70. The van der Waals surface area contributed by atoms with Crippen molar-refractivity contribution < 1.29 is 0 Å². The summed E-state index contributed by atoms with van der Waals surface area (Å²) in [6.07, 6.45) is 14.3. The Kier molecular flexibility index (Phi) is 3.56. The minimum absolute atomic E-state index is 0.440. The topological polar surface area (TPSA) is 3.24 Å². The first-order valence-electron chi connectivity index (χ1n) is 7.45. The molecule has 2 unspecified atom stereocenters. The molecule has 2 aliphatic heterocycles. The molecule has 2 heterocycles. The third kappa shape index (κ3) is 2.39. The van der Waals surface area contributed by atoms with E-state index in [1.165, 1.54) is 44.9 Å². The number of unbranched alkanes of at least 4 members (excludes halogenated alkanes) is 2. The van der Waals surface area contributed by atoms with E-state index in [9.17, 15) is 0 Å². The highest BCUT2D eigenvalue weighted by molar-refractivity contribution is 5.12. The summed E-state index contributed by atoms with van der Waals surface area (Å²) in [5.74, 6) is 0. The van der Waals surface area contributed by atoms with Gasteiger partial charge in [0.2, 0.25) is 0 Å². The standard InChI is InChI=1S/C16H29N/c1-5-6-7-8-12-17-14-10-9-11-16(17,4)13-15(14,2)3/h8,12,14H,5-7,9-11,13H2,1-4H3/b12-8+. The molecule has 1 nitrogen and oxygen atoms in total. The van der Waals surface area contributed by atoms with Crippen LogP contribution in [0.2, 0.25) is 0 Å². The molecule has 17 heavy (non-hydrogen) atoms. The Hall–Kier alpha value is -0.460. The Morgan fingerprint density at radius 3 is 2.71 bits per heavy atom. The Morgan fingerprint density at radius 1 is 1.29 bits per heavy atom. The highest BCUT2D eigenvalue weighted by Crippen LogP contribution is 2.53. The lowest BCUT2D eigenvalue weighted by atomic mass is 9.82. The van der Waals surface area contributed by atoms with Crippen LogP contribution in [0.3, 0.4) is 0 Å². The second-order valence-electron chi connectivity index (χ2n) is 7.00. The monoisotopic (exact) mass is 235 g/mol. The van der Waals surface area contributed by atoms with E-state index in [1.54, 1.807) is 0 Å². The number of hydrogen-bond acceptors (Lipinski definition) is 1. The predicted octanol–water partition coefficient (Wildman–Crippen LogP) is 4.73. The van der Waals surface area contributed by atoms with E-state index in [2.05, 4.69) is 44.9 Å². The molecule has 0 aromatic heterocycles. The lowest BCUT2D eigenvalue weighted by molar-refractivity contribution is 0.109. The lowest BCUT2D eigenvalue weighted by Gasteiger charge is -2.43. The third-order valence-corrected chi connectivity index (χ3v) is 4.88. The van der Waals surface area contributed by atoms with Crippen molar-refractivity contribution in [2.24, 2.45) is 5.41 Å². The predicted molar refractivity (Wildman–Crippen MR) is 74.9 cm³/mol. The zero-order valence-electron chi connectivity index (χ0n) is 12.1. The number of piperidine rings is 1. The average molecular weight is 235 g/mol. The minimum Gasteiger partial charge on any atom is -0.369 e. The van der Waals surface area contributed by atoms with Crippen molar-refractivity contribution in [3.63, 3.8) is 0 Å². The molecule has 0 radical (unpaired) electrons. The Bertz CT molecular complexity index is 292. The highest BCUT2D eigenvalue weighted by Gasteiger charge is 2.53. The first-order chi connectivity index (χ1) is 7.99. The fourth-order valence-corrected chi connectivity index (χ4v) is 4.16. The molecular weight excluding hydrogens is 206 g/mol. The Morgan fingerprint density at radius 2 is 2.06 bits per heavy atom. The maximum Gasteiger partial charge on any atom is 0.0377 e. The number of allylic oxidation sites excluding steroid dienone is 1. The Balaban J connectivity index is 2.08. The molecule has 0 aliphatic carbocycles. The van der Waals surface area contributed by atoms with Crippen LogP contribution < -0.4 is 0 Å². The second-order valence-corrected chi connectivity index (χ2v) is 7.00. The summed E-state index contributed by atoms with van der Waals surface area (Å²) in [4.78, 5) is 2.70. The van der Waals surface area contributed by atoms with Gasteiger partial charge in [0.1, 0.15) is 0 Å². The average Bonchev–Trinajstić information content (AvgIpc) is 2.35. The first-order valence-corrected chi connectivity index (χ1v) is 7.45. The van der Waals surface area contributed by atoms with E-state index in [4.69, 9.17) is 0 Å². The quantitative estimate of drug-likeness (QED) is 0.637. The molecule has 2 rings (SSSR count). The normalized spacial score (nSPS) is 35.8. The van der Waals surface area contributed by atoms with Gasteiger partial charge in [-0.15, -0.1) is 0 Å². The highest BCUT2D eigenvalue weighted by atomic mass is 15.3. The summed E-state index contributed by atoms with van der Waals surface area (Å²) >= 11 is 0. The Labute approximate surface area is 107 Å². The van der Waals surface area contributed by atoms with Gasteiger partial charge in [-0.05, 0) is 50.6 Å². The molecule has 0 amide bonds. The van der Waals surface area contributed by atoms with Gasteiger partial charge in [0.15, 0.2) is 0 Å². The fraction of sp³-hybridized carbons (Fsp3) is 0.875. The number of rotatable bonds is 4. The van der Waals surface area contributed by atoms with E-state index in [1.807, 2.05) is 0 Å². The molecule has 1 heteroatoms. The molecule has 2 fully saturated rings.